The maximum absolute atomic E-state index is 10.5. The number of para-hydroxylation sites is 3. The molecule has 0 saturated carbocycles. The summed E-state index contributed by atoms with van der Waals surface area (Å²) >= 11 is 0. The first-order chi connectivity index (χ1) is 23.7. The molecule has 0 aliphatic carbocycles. The average molecular weight is 611 g/mol. The van der Waals surface area contributed by atoms with Crippen LogP contribution < -0.4 is 0 Å². The number of hydrogen-bond donors (Lipinski definition) is 0. The van der Waals surface area contributed by atoms with Gasteiger partial charge in [-0.3, -0.25) is 0 Å². The van der Waals surface area contributed by atoms with Crippen molar-refractivity contribution in [3.8, 4) is 39.7 Å². The molecule has 0 spiro atoms. The van der Waals surface area contributed by atoms with Crippen LogP contribution in [0.1, 0.15) is 5.56 Å². The van der Waals surface area contributed by atoms with E-state index >= 15 is 0 Å². The van der Waals surface area contributed by atoms with Crippen molar-refractivity contribution < 1.29 is 0 Å². The quantitative estimate of drug-likeness (QED) is 0.183. The van der Waals surface area contributed by atoms with Gasteiger partial charge in [0.05, 0.1) is 39.9 Å². The van der Waals surface area contributed by atoms with Gasteiger partial charge in [-0.05, 0) is 70.8 Å². The molecule has 48 heavy (non-hydrogen) atoms. The molecule has 0 saturated heterocycles. The third-order valence-corrected chi connectivity index (χ3v) is 9.35. The fourth-order valence-corrected chi connectivity index (χ4v) is 7.34. The molecule has 0 N–H and O–H groups in total. The molecule has 0 aliphatic heterocycles. The van der Waals surface area contributed by atoms with Crippen LogP contribution in [0.3, 0.4) is 0 Å². The molecule has 9 aromatic rings. The van der Waals surface area contributed by atoms with Gasteiger partial charge < -0.3 is 9.13 Å². The third-order valence-electron chi connectivity index (χ3n) is 9.35. The Morgan fingerprint density at radius 3 is 1.90 bits per heavy atom. The van der Waals surface area contributed by atoms with Crippen LogP contribution in [0.2, 0.25) is 0 Å². The maximum atomic E-state index is 10.5. The van der Waals surface area contributed by atoms with Crippen molar-refractivity contribution in [1.82, 2.24) is 9.13 Å². The van der Waals surface area contributed by atoms with E-state index in [2.05, 4.69) is 129 Å². The van der Waals surface area contributed by atoms with Gasteiger partial charge in [-0.2, -0.15) is 5.26 Å². The van der Waals surface area contributed by atoms with Crippen LogP contribution in [-0.2, 0) is 0 Å². The summed E-state index contributed by atoms with van der Waals surface area (Å²) in [7, 11) is 0. The highest BCUT2D eigenvalue weighted by atomic mass is 15.0. The van der Waals surface area contributed by atoms with Crippen LogP contribution >= 0.6 is 0 Å². The van der Waals surface area contributed by atoms with Crippen molar-refractivity contribution in [3.63, 3.8) is 0 Å². The normalized spacial score (nSPS) is 11.3. The van der Waals surface area contributed by atoms with Gasteiger partial charge in [-0.15, -0.1) is 0 Å². The molecule has 4 nitrogen and oxygen atoms in total. The molecule has 4 heteroatoms. The minimum absolute atomic E-state index is 0.442. The molecule has 2 heterocycles. The average Bonchev–Trinajstić information content (AvgIpc) is 3.67. The zero-order valence-electron chi connectivity index (χ0n) is 25.8. The number of hydrogen-bond acceptors (Lipinski definition) is 1. The number of rotatable bonds is 4. The van der Waals surface area contributed by atoms with Gasteiger partial charge in [0.2, 0.25) is 0 Å². The smallest absolute Gasteiger partial charge is 0.189 e. The van der Waals surface area contributed by atoms with Crippen molar-refractivity contribution in [2.45, 2.75) is 0 Å². The first kappa shape index (κ1) is 27.4. The zero-order valence-corrected chi connectivity index (χ0v) is 25.8. The molecule has 0 aliphatic rings. The van der Waals surface area contributed by atoms with Crippen molar-refractivity contribution in [1.29, 1.82) is 5.26 Å². The molecular weight excluding hydrogens is 585 g/mol. The van der Waals surface area contributed by atoms with Crippen LogP contribution in [0.4, 0.5) is 5.69 Å². The Hall–Kier alpha value is -6.88. The van der Waals surface area contributed by atoms with E-state index in [1.54, 1.807) is 6.07 Å². The molecule has 222 valence electrons. The second-order valence-electron chi connectivity index (χ2n) is 12.0. The monoisotopic (exact) mass is 610 g/mol. The van der Waals surface area contributed by atoms with Crippen LogP contribution in [-0.4, -0.2) is 9.13 Å². The Morgan fingerprint density at radius 1 is 0.500 bits per heavy atom. The molecule has 0 fully saturated rings. The highest BCUT2D eigenvalue weighted by Gasteiger charge is 2.22. The first-order valence-electron chi connectivity index (χ1n) is 15.9. The highest BCUT2D eigenvalue weighted by Crippen LogP contribution is 2.43. The number of aromatic nitrogens is 2. The van der Waals surface area contributed by atoms with E-state index in [9.17, 15) is 5.26 Å². The van der Waals surface area contributed by atoms with Crippen molar-refractivity contribution >= 4 is 49.3 Å². The summed E-state index contributed by atoms with van der Waals surface area (Å²) in [5.41, 5.74) is 11.2. The lowest BCUT2D eigenvalue weighted by molar-refractivity contribution is 1.17. The lowest BCUT2D eigenvalue weighted by Crippen LogP contribution is -2.01. The number of benzene rings is 7. The Morgan fingerprint density at radius 2 is 1.15 bits per heavy atom. The van der Waals surface area contributed by atoms with Crippen molar-refractivity contribution in [3.05, 3.63) is 175 Å². The highest BCUT2D eigenvalue weighted by molar-refractivity contribution is 6.17. The number of fused-ring (bicyclic) bond motifs is 6. The molecule has 7 aromatic carbocycles. The lowest BCUT2D eigenvalue weighted by Gasteiger charge is -2.17. The predicted octanol–water partition coefficient (Wildman–Crippen LogP) is 11.6. The van der Waals surface area contributed by atoms with E-state index in [1.807, 2.05) is 42.5 Å². The Balaban J connectivity index is 1.37. The predicted molar refractivity (Wildman–Crippen MR) is 197 cm³/mol. The Labute approximate surface area is 277 Å². The summed E-state index contributed by atoms with van der Waals surface area (Å²) in [4.78, 5) is 3.72. The molecule has 2 aromatic heterocycles. The van der Waals surface area contributed by atoms with E-state index in [-0.39, 0.29) is 0 Å². The molecule has 0 atom stereocenters. The van der Waals surface area contributed by atoms with Crippen LogP contribution in [0.15, 0.2) is 158 Å². The van der Waals surface area contributed by atoms with Crippen LogP contribution in [0.5, 0.6) is 0 Å². The van der Waals surface area contributed by atoms with Gasteiger partial charge in [0.15, 0.2) is 5.69 Å². The van der Waals surface area contributed by atoms with E-state index < -0.39 is 0 Å². The van der Waals surface area contributed by atoms with Gasteiger partial charge in [-0.25, -0.2) is 4.85 Å². The number of nitriles is 1. The van der Waals surface area contributed by atoms with E-state index in [0.29, 0.717) is 11.3 Å². The third kappa shape index (κ3) is 4.07. The van der Waals surface area contributed by atoms with Gasteiger partial charge in [0.1, 0.15) is 6.07 Å². The Kier molecular flexibility index (Phi) is 6.22. The fraction of sp³-hybridized carbons (Fsp3) is 0. The minimum atomic E-state index is 0.442. The molecule has 0 amide bonds. The molecular formula is C44H26N4. The van der Waals surface area contributed by atoms with Crippen molar-refractivity contribution in [2.75, 3.05) is 0 Å². The topological polar surface area (TPSA) is 38.0 Å². The fourth-order valence-electron chi connectivity index (χ4n) is 7.34. The molecule has 9 rings (SSSR count). The maximum Gasteiger partial charge on any atom is 0.189 e. The Bertz CT molecular complexity index is 2790. The van der Waals surface area contributed by atoms with Crippen molar-refractivity contribution in [2.24, 2.45) is 0 Å². The molecule has 0 radical (unpaired) electrons. The van der Waals surface area contributed by atoms with E-state index in [4.69, 9.17) is 6.57 Å². The van der Waals surface area contributed by atoms with Gasteiger partial charge in [0, 0.05) is 27.2 Å². The minimum Gasteiger partial charge on any atom is -0.309 e. The molecule has 0 bridgehead atoms. The SMILES string of the molecule is [C-]#[N+]c1cc(C#N)c(-n2c3ccccc3c3c(-c4ccc5c6ccccc6n(-c6ccccc6)c5c4)cccc32)c(-c2ccccc2)c1. The molecule has 0 unspecified atom stereocenters. The summed E-state index contributed by atoms with van der Waals surface area (Å²) in [5, 5.41) is 15.1. The number of nitrogens with zero attached hydrogens (tertiary/aromatic N) is 4. The summed E-state index contributed by atoms with van der Waals surface area (Å²) in [6.45, 7) is 7.78. The second kappa shape index (κ2) is 10.9. The first-order valence-corrected chi connectivity index (χ1v) is 15.9. The van der Waals surface area contributed by atoms with Gasteiger partial charge >= 0.3 is 0 Å². The summed E-state index contributed by atoms with van der Waals surface area (Å²) in [6, 6.07) is 56.8. The summed E-state index contributed by atoms with van der Waals surface area (Å²) < 4.78 is 4.56. The van der Waals surface area contributed by atoms with Gasteiger partial charge in [0.25, 0.3) is 0 Å². The van der Waals surface area contributed by atoms with E-state index in [0.717, 1.165) is 61.0 Å². The lowest BCUT2D eigenvalue weighted by atomic mass is 9.98. The summed E-state index contributed by atoms with van der Waals surface area (Å²) in [6.07, 6.45) is 0. The largest absolute Gasteiger partial charge is 0.309 e. The van der Waals surface area contributed by atoms with E-state index in [1.165, 1.54) is 16.3 Å². The van der Waals surface area contributed by atoms with Crippen LogP contribution in [0, 0.1) is 17.9 Å². The standard InChI is InChI=1S/C44H26N4/c1-46-32-25-31(28-45)44(38(27-32)29-13-4-2-5-14-29)48-40-21-11-9-18-37(40)43-34(19-12-22-41(43)48)30-23-24-36-35-17-8-10-20-39(35)47(42(36)26-30)33-15-6-3-7-16-33/h2-27H. The zero-order chi connectivity index (χ0) is 32.2. The van der Waals surface area contributed by atoms with Gasteiger partial charge in [-0.1, -0.05) is 109 Å². The van der Waals surface area contributed by atoms with Crippen LogP contribution in [0.25, 0.3) is 82.1 Å². The summed E-state index contributed by atoms with van der Waals surface area (Å²) in [5.74, 6) is 0. The second-order valence-corrected chi connectivity index (χ2v) is 12.0.